The monoisotopic (exact) mass is 397 g/mol. The molecule has 0 radical (unpaired) electrons. The summed E-state index contributed by atoms with van der Waals surface area (Å²) in [6, 6.07) is 12.9. The molecule has 6 heteroatoms. The number of halogens is 2. The summed E-state index contributed by atoms with van der Waals surface area (Å²) in [6.07, 6.45) is 5.90. The highest BCUT2D eigenvalue weighted by Crippen LogP contribution is 2.48. The normalized spacial score (nSPS) is 14.7. The molecule has 1 fully saturated rings. The third kappa shape index (κ3) is 4.01. The number of nitrogens with zero attached hydrogens (tertiary/aromatic N) is 2. The van der Waals surface area contributed by atoms with Crippen LogP contribution in [0.5, 0.6) is 5.88 Å². The SMILES string of the molecule is COc1ccc(-c2cc(C3(CNCc4ccc(F)c(Cl)c4)CC3)ccn2)cn1. The van der Waals surface area contributed by atoms with Crippen LogP contribution in [0.25, 0.3) is 11.3 Å². The Kier molecular flexibility index (Phi) is 5.29. The molecule has 1 aromatic carbocycles. The molecule has 2 heterocycles. The maximum absolute atomic E-state index is 13.3. The van der Waals surface area contributed by atoms with E-state index >= 15 is 0 Å². The van der Waals surface area contributed by atoms with Crippen LogP contribution in [0.2, 0.25) is 5.02 Å². The second-order valence-electron chi connectivity index (χ2n) is 7.15. The summed E-state index contributed by atoms with van der Waals surface area (Å²) in [5.41, 5.74) is 4.25. The second-order valence-corrected chi connectivity index (χ2v) is 7.56. The fourth-order valence-electron chi connectivity index (χ4n) is 3.38. The molecule has 0 saturated heterocycles. The zero-order valence-corrected chi connectivity index (χ0v) is 16.3. The van der Waals surface area contributed by atoms with Gasteiger partial charge >= 0.3 is 0 Å². The molecule has 0 bridgehead atoms. The lowest BCUT2D eigenvalue weighted by molar-refractivity contribution is 0.398. The van der Waals surface area contributed by atoms with Gasteiger partial charge in [-0.1, -0.05) is 17.7 Å². The molecule has 0 aliphatic heterocycles. The lowest BCUT2D eigenvalue weighted by Gasteiger charge is -2.17. The smallest absolute Gasteiger partial charge is 0.212 e. The predicted molar refractivity (Wildman–Crippen MR) is 108 cm³/mol. The summed E-state index contributed by atoms with van der Waals surface area (Å²) in [6.45, 7) is 1.51. The summed E-state index contributed by atoms with van der Waals surface area (Å²) < 4.78 is 18.4. The number of benzene rings is 1. The largest absolute Gasteiger partial charge is 0.481 e. The number of nitrogens with one attached hydrogen (secondary N) is 1. The van der Waals surface area contributed by atoms with Crippen LogP contribution in [-0.4, -0.2) is 23.6 Å². The van der Waals surface area contributed by atoms with E-state index in [4.69, 9.17) is 16.3 Å². The number of hydrogen-bond donors (Lipinski definition) is 1. The van der Waals surface area contributed by atoms with E-state index in [1.165, 1.54) is 11.6 Å². The lowest BCUT2D eigenvalue weighted by atomic mass is 9.95. The van der Waals surface area contributed by atoms with Gasteiger partial charge in [-0.15, -0.1) is 0 Å². The Balaban J connectivity index is 1.45. The van der Waals surface area contributed by atoms with Crippen LogP contribution in [0.4, 0.5) is 4.39 Å². The molecular weight excluding hydrogens is 377 g/mol. The van der Waals surface area contributed by atoms with E-state index in [-0.39, 0.29) is 16.3 Å². The summed E-state index contributed by atoms with van der Waals surface area (Å²) >= 11 is 5.86. The van der Waals surface area contributed by atoms with E-state index < -0.39 is 0 Å². The first-order valence-corrected chi connectivity index (χ1v) is 9.59. The maximum Gasteiger partial charge on any atom is 0.212 e. The van der Waals surface area contributed by atoms with Crippen molar-refractivity contribution in [2.24, 2.45) is 0 Å². The fraction of sp³-hybridized carbons (Fsp3) is 0.273. The highest BCUT2D eigenvalue weighted by atomic mass is 35.5. The number of pyridine rings is 2. The molecule has 0 atom stereocenters. The van der Waals surface area contributed by atoms with Crippen molar-refractivity contribution in [3.05, 3.63) is 76.8 Å². The van der Waals surface area contributed by atoms with Crippen molar-refractivity contribution in [1.82, 2.24) is 15.3 Å². The van der Waals surface area contributed by atoms with Crippen molar-refractivity contribution in [1.29, 1.82) is 0 Å². The van der Waals surface area contributed by atoms with Gasteiger partial charge in [0.15, 0.2) is 0 Å². The third-order valence-corrected chi connectivity index (χ3v) is 5.53. The molecule has 4 nitrogen and oxygen atoms in total. The Hall–Kier alpha value is -2.50. The molecule has 0 spiro atoms. The predicted octanol–water partition coefficient (Wildman–Crippen LogP) is 4.77. The van der Waals surface area contributed by atoms with Crippen molar-refractivity contribution in [2.45, 2.75) is 24.8 Å². The molecule has 1 aliphatic rings. The fourth-order valence-corrected chi connectivity index (χ4v) is 3.59. The van der Waals surface area contributed by atoms with E-state index in [1.54, 1.807) is 25.4 Å². The van der Waals surface area contributed by atoms with Crippen LogP contribution in [0.1, 0.15) is 24.0 Å². The van der Waals surface area contributed by atoms with E-state index in [0.717, 1.165) is 36.2 Å². The highest BCUT2D eigenvalue weighted by molar-refractivity contribution is 6.30. The minimum Gasteiger partial charge on any atom is -0.481 e. The van der Waals surface area contributed by atoms with Crippen LogP contribution in [0.3, 0.4) is 0 Å². The number of methoxy groups -OCH3 is 1. The summed E-state index contributed by atoms with van der Waals surface area (Å²) in [5.74, 6) is 0.199. The lowest BCUT2D eigenvalue weighted by Crippen LogP contribution is -2.26. The topological polar surface area (TPSA) is 47.0 Å². The van der Waals surface area contributed by atoms with Gasteiger partial charge in [0, 0.05) is 42.5 Å². The minimum absolute atomic E-state index is 0.126. The van der Waals surface area contributed by atoms with E-state index in [0.29, 0.717) is 12.4 Å². The molecule has 144 valence electrons. The van der Waals surface area contributed by atoms with Gasteiger partial charge in [0.25, 0.3) is 0 Å². The molecule has 3 aromatic rings. The van der Waals surface area contributed by atoms with Crippen LogP contribution in [-0.2, 0) is 12.0 Å². The molecular formula is C22H21ClFN3O. The van der Waals surface area contributed by atoms with Crippen LogP contribution >= 0.6 is 11.6 Å². The molecule has 0 unspecified atom stereocenters. The van der Waals surface area contributed by atoms with Crippen molar-refractivity contribution in [3.63, 3.8) is 0 Å². The zero-order chi connectivity index (χ0) is 19.6. The van der Waals surface area contributed by atoms with Crippen molar-refractivity contribution < 1.29 is 9.13 Å². The van der Waals surface area contributed by atoms with E-state index in [1.807, 2.05) is 18.3 Å². The Bertz CT molecular complexity index is 974. The van der Waals surface area contributed by atoms with Crippen LogP contribution in [0, 0.1) is 5.82 Å². The Labute approximate surface area is 168 Å². The molecule has 0 amide bonds. The van der Waals surface area contributed by atoms with Gasteiger partial charge in [0.05, 0.1) is 17.8 Å². The first-order valence-electron chi connectivity index (χ1n) is 9.21. The summed E-state index contributed by atoms with van der Waals surface area (Å²) in [5, 5.41) is 3.65. The number of ether oxygens (including phenoxy) is 1. The quantitative estimate of drug-likeness (QED) is 0.624. The van der Waals surface area contributed by atoms with Gasteiger partial charge in [-0.2, -0.15) is 0 Å². The van der Waals surface area contributed by atoms with Crippen LogP contribution in [0.15, 0.2) is 54.9 Å². The number of rotatable bonds is 7. The Morgan fingerprint density at radius 1 is 1.14 bits per heavy atom. The van der Waals surface area contributed by atoms with Crippen molar-refractivity contribution in [2.75, 3.05) is 13.7 Å². The minimum atomic E-state index is -0.388. The van der Waals surface area contributed by atoms with Crippen molar-refractivity contribution in [3.8, 4) is 17.1 Å². The summed E-state index contributed by atoms with van der Waals surface area (Å²) in [7, 11) is 1.60. The molecule has 1 saturated carbocycles. The molecule has 28 heavy (non-hydrogen) atoms. The molecule has 2 aromatic heterocycles. The average Bonchev–Trinajstić information content (AvgIpc) is 3.52. The number of aromatic nitrogens is 2. The zero-order valence-electron chi connectivity index (χ0n) is 15.6. The van der Waals surface area contributed by atoms with Gasteiger partial charge in [-0.05, 0) is 54.3 Å². The van der Waals surface area contributed by atoms with Crippen LogP contribution < -0.4 is 10.1 Å². The maximum atomic E-state index is 13.3. The van der Waals surface area contributed by atoms with Gasteiger partial charge in [-0.25, -0.2) is 9.37 Å². The first-order chi connectivity index (χ1) is 13.6. The molecule has 1 N–H and O–H groups in total. The Morgan fingerprint density at radius 3 is 2.68 bits per heavy atom. The average molecular weight is 398 g/mol. The highest BCUT2D eigenvalue weighted by Gasteiger charge is 2.43. The van der Waals surface area contributed by atoms with Gasteiger partial charge in [0.2, 0.25) is 5.88 Å². The number of hydrogen-bond acceptors (Lipinski definition) is 4. The first kappa shape index (κ1) is 18.8. The third-order valence-electron chi connectivity index (χ3n) is 5.24. The molecule has 4 rings (SSSR count). The second kappa shape index (κ2) is 7.86. The van der Waals surface area contributed by atoms with E-state index in [2.05, 4.69) is 27.4 Å². The van der Waals surface area contributed by atoms with Gasteiger partial charge in [-0.3, -0.25) is 4.98 Å². The standard InChI is InChI=1S/C22H21ClFN3O/c1-28-21-5-3-16(13-27-21)20-11-17(6-9-26-20)22(7-8-22)14-25-12-15-2-4-19(24)18(23)10-15/h2-6,9-11,13,25H,7-8,12,14H2,1H3. The van der Waals surface area contributed by atoms with E-state index in [9.17, 15) is 4.39 Å². The molecule has 1 aliphatic carbocycles. The Morgan fingerprint density at radius 2 is 2.00 bits per heavy atom. The van der Waals surface area contributed by atoms with Gasteiger partial charge in [0.1, 0.15) is 5.82 Å². The van der Waals surface area contributed by atoms with Crippen molar-refractivity contribution >= 4 is 11.6 Å². The summed E-state index contributed by atoms with van der Waals surface area (Å²) in [4.78, 5) is 8.77. The van der Waals surface area contributed by atoms with Gasteiger partial charge < -0.3 is 10.1 Å².